The Hall–Kier alpha value is -8.91. The molecule has 1 aliphatic heterocycles. The first-order valence-corrected chi connectivity index (χ1v) is 28.5. The van der Waals surface area contributed by atoms with E-state index in [0.717, 1.165) is 78.5 Å². The number of aryl methyl sites for hydroxylation is 1. The largest absolute Gasteiger partial charge is 0.494 e. The highest BCUT2D eigenvalue weighted by atomic mass is 32.1. The lowest BCUT2D eigenvalue weighted by molar-refractivity contribution is -0.131. The lowest BCUT2D eigenvalue weighted by Crippen LogP contribution is -2.10. The molecule has 0 amide bonds. The van der Waals surface area contributed by atoms with Gasteiger partial charge in [0.1, 0.15) is 57.3 Å². The fourth-order valence-electron chi connectivity index (χ4n) is 8.21. The summed E-state index contributed by atoms with van der Waals surface area (Å²) in [6, 6.07) is 43.3. The number of carbonyl (C=O) groups is 4. The fourth-order valence-corrected chi connectivity index (χ4v) is 10.6. The predicted molar refractivity (Wildman–Crippen MR) is 308 cm³/mol. The van der Waals surface area contributed by atoms with Gasteiger partial charge in [-0.25, -0.2) is 29.3 Å². The molecule has 0 saturated carbocycles. The quantitative estimate of drug-likeness (QED) is 0.0447. The Morgan fingerprint density at radius 2 is 0.963 bits per heavy atom. The summed E-state index contributed by atoms with van der Waals surface area (Å²) in [6.07, 6.45) is 1.61. The molecule has 0 spiro atoms. The van der Waals surface area contributed by atoms with E-state index >= 15 is 0 Å². The van der Waals surface area contributed by atoms with Crippen LogP contribution in [0.5, 0.6) is 34.5 Å². The highest BCUT2D eigenvalue weighted by molar-refractivity contribution is 7.14. The van der Waals surface area contributed by atoms with E-state index in [1.54, 1.807) is 46.5 Å². The van der Waals surface area contributed by atoms with Gasteiger partial charge in [0.2, 0.25) is 6.79 Å². The molecule has 19 heteroatoms. The zero-order valence-corrected chi connectivity index (χ0v) is 47.1. The van der Waals surface area contributed by atoms with Crippen molar-refractivity contribution in [3.63, 3.8) is 0 Å². The van der Waals surface area contributed by atoms with Gasteiger partial charge in [0, 0.05) is 39.8 Å². The first-order valence-electron chi connectivity index (χ1n) is 25.9. The smallest absolute Gasteiger partial charge is 0.358 e. The molecule has 1 unspecified atom stereocenters. The van der Waals surface area contributed by atoms with Crippen LogP contribution in [0.15, 0.2) is 156 Å². The van der Waals surface area contributed by atoms with Gasteiger partial charge in [-0.2, -0.15) is 0 Å². The van der Waals surface area contributed by atoms with E-state index in [1.165, 1.54) is 46.5 Å². The molecule has 1 aliphatic carbocycles. The number of hydrogen-bond acceptors (Lipinski definition) is 19. The zero-order chi connectivity index (χ0) is 56.5. The van der Waals surface area contributed by atoms with Crippen molar-refractivity contribution in [1.29, 1.82) is 0 Å². The zero-order valence-electron chi connectivity index (χ0n) is 44.6. The maximum Gasteiger partial charge on any atom is 0.358 e. The van der Waals surface area contributed by atoms with Crippen molar-refractivity contribution in [3.05, 3.63) is 195 Å². The summed E-state index contributed by atoms with van der Waals surface area (Å²) in [4.78, 5) is 61.1. The van der Waals surface area contributed by atoms with Crippen molar-refractivity contribution in [2.24, 2.45) is 0 Å². The molecule has 11 rings (SSSR count). The molecular formula is C62H55N3O13S3. The Morgan fingerprint density at radius 3 is 1.46 bits per heavy atom. The number of esters is 4. The Labute approximate surface area is 479 Å². The molecule has 81 heavy (non-hydrogen) atoms. The molecule has 0 radical (unpaired) electrons. The van der Waals surface area contributed by atoms with Crippen LogP contribution in [0.25, 0.3) is 31.7 Å². The highest BCUT2D eigenvalue weighted by Gasteiger charge is 2.27. The highest BCUT2D eigenvalue weighted by Crippen LogP contribution is 2.36. The third-order valence-electron chi connectivity index (χ3n) is 12.1. The number of benzene rings is 6. The average molecular weight is 1150 g/mol. The van der Waals surface area contributed by atoms with Gasteiger partial charge in [-0.1, -0.05) is 42.5 Å². The summed E-state index contributed by atoms with van der Waals surface area (Å²) < 4.78 is 48.3. The second kappa shape index (κ2) is 27.8. The number of aromatic nitrogens is 3. The molecule has 0 fully saturated rings. The first-order chi connectivity index (χ1) is 39.5. The van der Waals surface area contributed by atoms with Gasteiger partial charge in [-0.15, -0.1) is 34.0 Å². The second-order valence-electron chi connectivity index (χ2n) is 17.7. The van der Waals surface area contributed by atoms with Gasteiger partial charge in [0.15, 0.2) is 28.6 Å². The van der Waals surface area contributed by atoms with E-state index in [0.29, 0.717) is 48.5 Å². The summed E-state index contributed by atoms with van der Waals surface area (Å²) in [5.74, 6) is 2.54. The van der Waals surface area contributed by atoms with Crippen LogP contribution in [0.4, 0.5) is 0 Å². The lowest BCUT2D eigenvalue weighted by atomic mass is 10.1. The minimum Gasteiger partial charge on any atom is -0.494 e. The van der Waals surface area contributed by atoms with Crippen molar-refractivity contribution in [3.8, 4) is 66.2 Å². The number of fused-ring (bicyclic) bond motifs is 2. The van der Waals surface area contributed by atoms with Crippen molar-refractivity contribution in [2.75, 3.05) is 26.6 Å². The average Bonchev–Trinajstić information content (AvgIpc) is 4.38. The summed E-state index contributed by atoms with van der Waals surface area (Å²) in [7, 11) is 0. The van der Waals surface area contributed by atoms with Crippen LogP contribution in [0.1, 0.15) is 93.9 Å². The van der Waals surface area contributed by atoms with Crippen LogP contribution in [0.2, 0.25) is 0 Å². The minimum absolute atomic E-state index is 0.106. The van der Waals surface area contributed by atoms with Gasteiger partial charge >= 0.3 is 23.9 Å². The number of carbonyl (C=O) groups excluding carboxylic acids is 4. The van der Waals surface area contributed by atoms with E-state index in [9.17, 15) is 19.2 Å². The van der Waals surface area contributed by atoms with E-state index < -0.39 is 11.9 Å². The van der Waals surface area contributed by atoms with Gasteiger partial charge in [-0.3, -0.25) is 4.79 Å². The molecule has 0 bridgehead atoms. The first kappa shape index (κ1) is 56.8. The third-order valence-corrected chi connectivity index (χ3v) is 14.7. The molecule has 0 N–H and O–H groups in total. The maximum absolute atomic E-state index is 12.5. The SMILES string of the molecule is CCOc1ccc(-c2nc(C(=O)OC3CCc4ccccc43)cs2)cc1.CCOc1ccc(-c2nc(C(=O)OCc3ccc(OC(C)=O)cc3)cs2)cc1.CCOc1ccc(-c2nc(C(=O)OCc3ccc4c(c3)OCO4)cs2)cc1. The second-order valence-corrected chi connectivity index (χ2v) is 20.3. The maximum atomic E-state index is 12.5. The number of rotatable bonds is 18. The van der Waals surface area contributed by atoms with E-state index in [1.807, 2.05) is 124 Å². The number of ether oxygens (including phenoxy) is 9. The van der Waals surface area contributed by atoms with Crippen LogP contribution >= 0.6 is 34.0 Å². The molecule has 16 nitrogen and oxygen atoms in total. The van der Waals surface area contributed by atoms with E-state index in [4.69, 9.17) is 42.6 Å². The van der Waals surface area contributed by atoms with E-state index in [2.05, 4.69) is 21.0 Å². The summed E-state index contributed by atoms with van der Waals surface area (Å²) in [6.45, 7) is 9.50. The summed E-state index contributed by atoms with van der Waals surface area (Å²) >= 11 is 4.22. The summed E-state index contributed by atoms with van der Waals surface area (Å²) in [5.41, 5.74) is 7.72. The monoisotopic (exact) mass is 1150 g/mol. The molecule has 9 aromatic rings. The Bertz CT molecular complexity index is 3560. The molecule has 4 heterocycles. The molecule has 414 valence electrons. The number of hydrogen-bond donors (Lipinski definition) is 0. The van der Waals surface area contributed by atoms with Gasteiger partial charge in [0.05, 0.1) is 19.8 Å². The van der Waals surface area contributed by atoms with Gasteiger partial charge < -0.3 is 42.6 Å². The van der Waals surface area contributed by atoms with Crippen LogP contribution in [-0.4, -0.2) is 65.4 Å². The lowest BCUT2D eigenvalue weighted by Gasteiger charge is -2.12. The minimum atomic E-state index is -0.488. The molecule has 3 aromatic heterocycles. The molecule has 6 aromatic carbocycles. The van der Waals surface area contributed by atoms with E-state index in [-0.39, 0.29) is 43.7 Å². The van der Waals surface area contributed by atoms with Crippen LogP contribution in [0.3, 0.4) is 0 Å². The fraction of sp³-hybridized carbons (Fsp3) is 0.210. The van der Waals surface area contributed by atoms with Crippen LogP contribution in [0, 0.1) is 0 Å². The molecule has 1 atom stereocenters. The van der Waals surface area contributed by atoms with Crippen molar-refractivity contribution in [2.45, 2.75) is 59.9 Å². The van der Waals surface area contributed by atoms with Crippen molar-refractivity contribution < 1.29 is 61.8 Å². The van der Waals surface area contributed by atoms with Gasteiger partial charge in [-0.05, 0) is 153 Å². The molecule has 0 saturated heterocycles. The molecule has 2 aliphatic rings. The number of thiazole rings is 3. The Kier molecular flexibility index (Phi) is 19.5. The summed E-state index contributed by atoms with van der Waals surface area (Å²) in [5, 5.41) is 7.43. The molecular weight excluding hydrogens is 1090 g/mol. The standard InChI is InChI=1S/C21H19NO5S.C21H19NO3S.C20H17NO5S/c1-3-25-17-10-6-16(7-11-17)20-22-19(13-28-20)21(24)26-12-15-4-8-18(9-5-15)27-14(2)23;1-2-24-16-10-7-15(8-11-16)20-22-18(13-26-20)21(23)25-19-12-9-14-5-3-4-6-17(14)19;1-2-23-15-6-4-14(5-7-15)19-21-16(11-27-19)20(22)24-10-13-3-8-17-18(9-13)26-12-25-17/h4-11,13H,3,12H2,1-2H3;3-8,10-11,13,19H,2,9,12H2,1H3;3-9,11H,2,10,12H2,1H3. The predicted octanol–water partition coefficient (Wildman–Crippen LogP) is 13.8. The normalized spacial score (nSPS) is 12.6. The Balaban J connectivity index is 0.000000147. The topological polar surface area (TPSA) is 190 Å². The van der Waals surface area contributed by atoms with Crippen molar-refractivity contribution >= 4 is 57.9 Å². The van der Waals surface area contributed by atoms with Crippen LogP contribution < -0.4 is 28.4 Å². The third kappa shape index (κ3) is 15.5. The van der Waals surface area contributed by atoms with Crippen molar-refractivity contribution in [1.82, 2.24) is 15.0 Å². The van der Waals surface area contributed by atoms with Gasteiger partial charge in [0.25, 0.3) is 0 Å². The number of nitrogens with zero attached hydrogens (tertiary/aromatic N) is 3. The van der Waals surface area contributed by atoms with Crippen LogP contribution in [-0.2, 0) is 38.6 Å². The Morgan fingerprint density at radius 1 is 0.519 bits per heavy atom.